The first kappa shape index (κ1) is 7.35. The van der Waals surface area contributed by atoms with Crippen molar-refractivity contribution >= 4 is 15.4 Å². The smallest absolute Gasteiger partial charge is 0.119 e. The van der Waals surface area contributed by atoms with E-state index >= 15 is 0 Å². The van der Waals surface area contributed by atoms with Crippen LogP contribution in [0.1, 0.15) is 5.56 Å². The molecule has 0 spiro atoms. The third kappa shape index (κ3) is 1.39. The Morgan fingerprint density at radius 3 is 2.60 bits per heavy atom. The van der Waals surface area contributed by atoms with Crippen LogP contribution in [-0.2, 0) is 0 Å². The van der Waals surface area contributed by atoms with E-state index in [0.717, 1.165) is 10.9 Å². The SMILES string of the molecule is COc1ccc([Si])c(C)c1. The van der Waals surface area contributed by atoms with Crippen molar-refractivity contribution in [2.45, 2.75) is 6.92 Å². The van der Waals surface area contributed by atoms with Crippen LogP contribution < -0.4 is 9.92 Å². The van der Waals surface area contributed by atoms with Gasteiger partial charge in [-0.25, -0.2) is 0 Å². The molecule has 3 radical (unpaired) electrons. The van der Waals surface area contributed by atoms with Gasteiger partial charge < -0.3 is 4.74 Å². The maximum absolute atomic E-state index is 5.03. The van der Waals surface area contributed by atoms with Crippen LogP contribution in [0.5, 0.6) is 5.75 Å². The number of hydrogen-bond donors (Lipinski definition) is 0. The molecule has 1 nitrogen and oxygen atoms in total. The van der Waals surface area contributed by atoms with Crippen LogP contribution >= 0.6 is 0 Å². The quantitative estimate of drug-likeness (QED) is 0.537. The molecule has 0 N–H and O–H groups in total. The fourth-order valence-corrected chi connectivity index (χ4v) is 0.919. The summed E-state index contributed by atoms with van der Waals surface area (Å²) in [5.41, 5.74) is 1.19. The van der Waals surface area contributed by atoms with Gasteiger partial charge in [0.15, 0.2) is 0 Å². The highest BCUT2D eigenvalue weighted by Crippen LogP contribution is 2.08. The van der Waals surface area contributed by atoms with E-state index < -0.39 is 0 Å². The highest BCUT2D eigenvalue weighted by Gasteiger charge is 1.93. The molecular weight excluding hydrogens is 140 g/mol. The van der Waals surface area contributed by atoms with Crippen molar-refractivity contribution in [1.29, 1.82) is 0 Å². The zero-order chi connectivity index (χ0) is 7.56. The Balaban J connectivity index is 3.04. The highest BCUT2D eigenvalue weighted by molar-refractivity contribution is 6.33. The van der Waals surface area contributed by atoms with E-state index in [0.29, 0.717) is 0 Å². The molecule has 0 heterocycles. The summed E-state index contributed by atoms with van der Waals surface area (Å²) in [7, 11) is 5.12. The number of benzene rings is 1. The summed E-state index contributed by atoms with van der Waals surface area (Å²) >= 11 is 0. The lowest BCUT2D eigenvalue weighted by atomic mass is 10.2. The summed E-state index contributed by atoms with van der Waals surface area (Å²) in [5.74, 6) is 0.902. The van der Waals surface area contributed by atoms with E-state index in [9.17, 15) is 0 Å². The van der Waals surface area contributed by atoms with E-state index in [1.165, 1.54) is 5.56 Å². The van der Waals surface area contributed by atoms with Crippen LogP contribution in [0, 0.1) is 6.92 Å². The van der Waals surface area contributed by atoms with Crippen molar-refractivity contribution in [3.05, 3.63) is 23.8 Å². The first-order chi connectivity index (χ1) is 4.74. The largest absolute Gasteiger partial charge is 0.497 e. The topological polar surface area (TPSA) is 9.23 Å². The molecule has 0 bridgehead atoms. The molecule has 0 fully saturated rings. The van der Waals surface area contributed by atoms with Crippen molar-refractivity contribution in [2.24, 2.45) is 0 Å². The van der Waals surface area contributed by atoms with Gasteiger partial charge in [0.2, 0.25) is 0 Å². The normalized spacial score (nSPS) is 9.50. The molecule has 0 saturated heterocycles. The molecule has 0 unspecified atom stereocenters. The summed E-state index contributed by atoms with van der Waals surface area (Å²) in [6.07, 6.45) is 0. The Morgan fingerprint density at radius 2 is 2.10 bits per heavy atom. The van der Waals surface area contributed by atoms with Gasteiger partial charge in [-0.05, 0) is 24.6 Å². The predicted molar refractivity (Wildman–Crippen MR) is 43.1 cm³/mol. The van der Waals surface area contributed by atoms with Crippen LogP contribution in [0.4, 0.5) is 0 Å². The zero-order valence-corrected chi connectivity index (χ0v) is 7.14. The minimum Gasteiger partial charge on any atom is -0.497 e. The maximum Gasteiger partial charge on any atom is 0.119 e. The van der Waals surface area contributed by atoms with E-state index in [1.54, 1.807) is 7.11 Å². The van der Waals surface area contributed by atoms with Crippen LogP contribution in [-0.4, -0.2) is 17.4 Å². The molecule has 1 aromatic carbocycles. The van der Waals surface area contributed by atoms with Gasteiger partial charge in [-0.15, -0.1) is 0 Å². The van der Waals surface area contributed by atoms with Crippen LogP contribution in [0.15, 0.2) is 18.2 Å². The molecule has 0 aliphatic carbocycles. The van der Waals surface area contributed by atoms with Gasteiger partial charge in [0.1, 0.15) is 5.75 Å². The fourth-order valence-electron chi connectivity index (χ4n) is 0.763. The molecule has 10 heavy (non-hydrogen) atoms. The predicted octanol–water partition coefficient (Wildman–Crippen LogP) is 0.797. The monoisotopic (exact) mass is 149 g/mol. The average Bonchev–Trinajstić information content (AvgIpc) is 1.95. The first-order valence-corrected chi connectivity index (χ1v) is 3.60. The van der Waals surface area contributed by atoms with E-state index in [-0.39, 0.29) is 0 Å². The maximum atomic E-state index is 5.03. The summed E-state index contributed by atoms with van der Waals surface area (Å²) < 4.78 is 5.03. The van der Waals surface area contributed by atoms with Crippen LogP contribution in [0.25, 0.3) is 0 Å². The van der Waals surface area contributed by atoms with Crippen molar-refractivity contribution in [1.82, 2.24) is 0 Å². The lowest BCUT2D eigenvalue weighted by Gasteiger charge is -2.02. The summed E-state index contributed by atoms with van der Waals surface area (Å²) in [6, 6.07) is 5.89. The first-order valence-electron chi connectivity index (χ1n) is 3.10. The van der Waals surface area contributed by atoms with Gasteiger partial charge in [-0.3, -0.25) is 0 Å². The second-order valence-corrected chi connectivity index (χ2v) is 2.72. The molecule has 1 rings (SSSR count). The Hall–Kier alpha value is -0.763. The zero-order valence-electron chi connectivity index (χ0n) is 6.14. The van der Waals surface area contributed by atoms with Gasteiger partial charge in [0.25, 0.3) is 0 Å². The number of methoxy groups -OCH3 is 1. The third-order valence-corrected chi connectivity index (χ3v) is 1.99. The Bertz CT molecular complexity index is 233. The Labute approximate surface area is 64.4 Å². The van der Waals surface area contributed by atoms with Gasteiger partial charge in [0, 0.05) is 0 Å². The lowest BCUT2D eigenvalue weighted by Crippen LogP contribution is -2.05. The molecule has 1 aromatic rings. The summed E-state index contributed by atoms with van der Waals surface area (Å²) in [6.45, 7) is 2.03. The summed E-state index contributed by atoms with van der Waals surface area (Å²) in [5, 5.41) is 1.11. The molecule has 0 aromatic heterocycles. The molecule has 0 aliphatic rings. The second kappa shape index (κ2) is 2.88. The standard InChI is InChI=1S/C8H9OSi/c1-6-5-7(9-2)3-4-8(6)10/h3-5H,1-2H3. The van der Waals surface area contributed by atoms with Gasteiger partial charge in [-0.1, -0.05) is 11.3 Å². The summed E-state index contributed by atoms with van der Waals surface area (Å²) in [4.78, 5) is 0. The molecule has 2 heteroatoms. The third-order valence-electron chi connectivity index (χ3n) is 1.43. The Kier molecular flexibility index (Phi) is 2.12. The van der Waals surface area contributed by atoms with E-state index in [4.69, 9.17) is 4.74 Å². The van der Waals surface area contributed by atoms with E-state index in [2.05, 4.69) is 10.2 Å². The van der Waals surface area contributed by atoms with Gasteiger partial charge >= 0.3 is 0 Å². The molecular formula is C8H9OSi. The molecule has 0 aliphatic heterocycles. The molecule has 0 saturated carbocycles. The van der Waals surface area contributed by atoms with Crippen molar-refractivity contribution in [3.63, 3.8) is 0 Å². The van der Waals surface area contributed by atoms with Gasteiger partial charge in [-0.2, -0.15) is 0 Å². The highest BCUT2D eigenvalue weighted by atomic mass is 28.1. The molecule has 51 valence electrons. The number of ether oxygens (including phenoxy) is 1. The number of hydrogen-bond acceptors (Lipinski definition) is 1. The Morgan fingerprint density at radius 1 is 1.40 bits per heavy atom. The minimum absolute atomic E-state index is 0.902. The van der Waals surface area contributed by atoms with Crippen LogP contribution in [0.3, 0.4) is 0 Å². The van der Waals surface area contributed by atoms with Crippen molar-refractivity contribution in [2.75, 3.05) is 7.11 Å². The fraction of sp³-hybridized carbons (Fsp3) is 0.250. The number of rotatable bonds is 1. The number of aryl methyl sites for hydroxylation is 1. The van der Waals surface area contributed by atoms with Crippen molar-refractivity contribution in [3.8, 4) is 5.75 Å². The van der Waals surface area contributed by atoms with Crippen molar-refractivity contribution < 1.29 is 4.74 Å². The average molecular weight is 149 g/mol. The second-order valence-electron chi connectivity index (χ2n) is 2.18. The molecule has 0 atom stereocenters. The molecule has 0 amide bonds. The van der Waals surface area contributed by atoms with E-state index in [1.807, 2.05) is 25.1 Å². The lowest BCUT2D eigenvalue weighted by molar-refractivity contribution is 0.414. The van der Waals surface area contributed by atoms with Gasteiger partial charge in [0.05, 0.1) is 17.4 Å². The minimum atomic E-state index is 0.902. The van der Waals surface area contributed by atoms with Crippen LogP contribution in [0.2, 0.25) is 0 Å².